The number of amides is 1. The maximum atomic E-state index is 13.5. The maximum Gasteiger partial charge on any atom is 0.237 e. The molecule has 0 aliphatic carbocycles. The lowest BCUT2D eigenvalue weighted by molar-refractivity contribution is -0.132. The summed E-state index contributed by atoms with van der Waals surface area (Å²) in [6, 6.07) is 10.5. The lowest BCUT2D eigenvalue weighted by Gasteiger charge is -2.24. The van der Waals surface area contributed by atoms with Crippen molar-refractivity contribution in [3.63, 3.8) is 0 Å². The SMILES string of the molecule is C[C@@H]1C[C@H](F)CN1C(=O)CN1CC[C@@H](Nc2cnc3ccccc3c2)C1. The Labute approximate surface area is 153 Å². The highest BCUT2D eigenvalue weighted by Gasteiger charge is 2.34. The van der Waals surface area contributed by atoms with Crippen LogP contribution in [0.25, 0.3) is 10.9 Å². The monoisotopic (exact) mass is 356 g/mol. The van der Waals surface area contributed by atoms with Gasteiger partial charge in [-0.25, -0.2) is 4.39 Å². The molecule has 2 aromatic rings. The number of anilines is 1. The molecule has 4 rings (SSSR count). The third kappa shape index (κ3) is 3.65. The van der Waals surface area contributed by atoms with Crippen LogP contribution in [0.3, 0.4) is 0 Å². The third-order valence-corrected chi connectivity index (χ3v) is 5.44. The molecule has 2 saturated heterocycles. The highest BCUT2D eigenvalue weighted by Crippen LogP contribution is 2.22. The fraction of sp³-hybridized carbons (Fsp3) is 0.500. The van der Waals surface area contributed by atoms with E-state index in [2.05, 4.69) is 27.3 Å². The molecule has 2 fully saturated rings. The summed E-state index contributed by atoms with van der Waals surface area (Å²) < 4.78 is 13.5. The van der Waals surface area contributed by atoms with E-state index in [1.54, 1.807) is 4.90 Å². The second-order valence-electron chi connectivity index (χ2n) is 7.51. The van der Waals surface area contributed by atoms with Crippen molar-refractivity contribution in [2.24, 2.45) is 0 Å². The van der Waals surface area contributed by atoms with Crippen molar-refractivity contribution in [3.8, 4) is 0 Å². The number of benzene rings is 1. The second kappa shape index (κ2) is 7.19. The first kappa shape index (κ1) is 17.2. The molecular weight excluding hydrogens is 331 g/mol. The van der Waals surface area contributed by atoms with Crippen LogP contribution in [-0.2, 0) is 4.79 Å². The molecule has 6 heteroatoms. The molecule has 138 valence electrons. The van der Waals surface area contributed by atoms with E-state index in [4.69, 9.17) is 0 Å². The van der Waals surface area contributed by atoms with Gasteiger partial charge in [-0.3, -0.25) is 14.7 Å². The van der Waals surface area contributed by atoms with Crippen LogP contribution < -0.4 is 5.32 Å². The Hall–Kier alpha value is -2.21. The van der Waals surface area contributed by atoms with E-state index < -0.39 is 6.17 Å². The smallest absolute Gasteiger partial charge is 0.237 e. The number of carbonyl (C=O) groups excluding carboxylic acids is 1. The van der Waals surface area contributed by atoms with Gasteiger partial charge in [0.15, 0.2) is 0 Å². The van der Waals surface area contributed by atoms with Crippen molar-refractivity contribution in [2.45, 2.75) is 38.0 Å². The molecule has 0 saturated carbocycles. The van der Waals surface area contributed by atoms with Gasteiger partial charge in [-0.15, -0.1) is 0 Å². The average Bonchev–Trinajstić information content (AvgIpc) is 3.20. The summed E-state index contributed by atoms with van der Waals surface area (Å²) in [7, 11) is 0. The van der Waals surface area contributed by atoms with Gasteiger partial charge in [0.25, 0.3) is 0 Å². The normalized spacial score (nSPS) is 26.5. The molecule has 26 heavy (non-hydrogen) atoms. The molecule has 1 N–H and O–H groups in total. The van der Waals surface area contributed by atoms with Crippen LogP contribution in [0.4, 0.5) is 10.1 Å². The average molecular weight is 356 g/mol. The minimum atomic E-state index is -0.873. The summed E-state index contributed by atoms with van der Waals surface area (Å²) in [5, 5.41) is 4.65. The number of para-hydroxylation sites is 1. The van der Waals surface area contributed by atoms with Crippen molar-refractivity contribution in [1.29, 1.82) is 0 Å². The van der Waals surface area contributed by atoms with Crippen LogP contribution >= 0.6 is 0 Å². The third-order valence-electron chi connectivity index (χ3n) is 5.44. The van der Waals surface area contributed by atoms with Gasteiger partial charge in [-0.2, -0.15) is 0 Å². The molecule has 3 atom stereocenters. The Kier molecular flexibility index (Phi) is 4.76. The molecule has 2 aliphatic heterocycles. The fourth-order valence-corrected chi connectivity index (χ4v) is 4.07. The van der Waals surface area contributed by atoms with Gasteiger partial charge in [0.05, 0.1) is 30.5 Å². The van der Waals surface area contributed by atoms with E-state index in [0.29, 0.717) is 19.0 Å². The largest absolute Gasteiger partial charge is 0.380 e. The molecule has 2 aliphatic rings. The molecule has 1 aromatic carbocycles. The zero-order valence-corrected chi connectivity index (χ0v) is 15.1. The van der Waals surface area contributed by atoms with Crippen molar-refractivity contribution in [2.75, 3.05) is 31.5 Å². The number of carbonyl (C=O) groups is 1. The lowest BCUT2D eigenvalue weighted by atomic mass is 10.2. The minimum Gasteiger partial charge on any atom is -0.380 e. The highest BCUT2D eigenvalue weighted by molar-refractivity contribution is 5.81. The minimum absolute atomic E-state index is 0.0118. The lowest BCUT2D eigenvalue weighted by Crippen LogP contribution is -2.42. The highest BCUT2D eigenvalue weighted by atomic mass is 19.1. The van der Waals surface area contributed by atoms with Gasteiger partial charge in [0.1, 0.15) is 6.17 Å². The van der Waals surface area contributed by atoms with Crippen LogP contribution in [0, 0.1) is 0 Å². The number of rotatable bonds is 4. The zero-order chi connectivity index (χ0) is 18.1. The second-order valence-corrected chi connectivity index (χ2v) is 7.51. The summed E-state index contributed by atoms with van der Waals surface area (Å²) in [4.78, 5) is 20.8. The Morgan fingerprint density at radius 3 is 3.00 bits per heavy atom. The van der Waals surface area contributed by atoms with Crippen LogP contribution in [0.2, 0.25) is 0 Å². The number of hydrogen-bond acceptors (Lipinski definition) is 4. The Morgan fingerprint density at radius 2 is 2.19 bits per heavy atom. The molecule has 5 nitrogen and oxygen atoms in total. The number of fused-ring (bicyclic) bond motifs is 1. The predicted molar refractivity (Wildman–Crippen MR) is 101 cm³/mol. The number of nitrogens with one attached hydrogen (secondary N) is 1. The number of pyridine rings is 1. The number of alkyl halides is 1. The van der Waals surface area contributed by atoms with E-state index in [-0.39, 0.29) is 18.5 Å². The number of likely N-dealkylation sites (tertiary alicyclic amines) is 2. The molecule has 0 bridgehead atoms. The summed E-state index contributed by atoms with van der Waals surface area (Å²) >= 11 is 0. The van der Waals surface area contributed by atoms with Crippen molar-refractivity contribution >= 4 is 22.5 Å². The first-order valence-electron chi connectivity index (χ1n) is 9.36. The number of halogens is 1. The van der Waals surface area contributed by atoms with Gasteiger partial charge in [0, 0.05) is 37.0 Å². The van der Waals surface area contributed by atoms with Crippen LogP contribution in [-0.4, -0.2) is 65.1 Å². The van der Waals surface area contributed by atoms with Gasteiger partial charge < -0.3 is 10.2 Å². The molecule has 0 unspecified atom stereocenters. The van der Waals surface area contributed by atoms with Gasteiger partial charge in [-0.1, -0.05) is 18.2 Å². The number of nitrogens with zero attached hydrogens (tertiary/aromatic N) is 3. The standard InChI is InChI=1S/C20H25FN4O/c1-14-8-16(21)11-25(14)20(26)13-24-7-6-17(12-24)23-18-9-15-4-2-3-5-19(15)22-10-18/h2-5,9-10,14,16-17,23H,6-8,11-13H2,1H3/t14-,16+,17-/m1/s1. The number of aromatic nitrogens is 1. The van der Waals surface area contributed by atoms with Gasteiger partial charge in [0.2, 0.25) is 5.91 Å². The summed E-state index contributed by atoms with van der Waals surface area (Å²) in [6.07, 6.45) is 2.44. The molecule has 3 heterocycles. The number of hydrogen-bond donors (Lipinski definition) is 1. The molecule has 0 radical (unpaired) electrons. The molecular formula is C20H25FN4O. The molecule has 0 spiro atoms. The zero-order valence-electron chi connectivity index (χ0n) is 15.1. The maximum absolute atomic E-state index is 13.5. The van der Waals surface area contributed by atoms with Crippen molar-refractivity contribution in [3.05, 3.63) is 36.5 Å². The van der Waals surface area contributed by atoms with E-state index in [9.17, 15) is 9.18 Å². The van der Waals surface area contributed by atoms with E-state index in [0.717, 1.165) is 36.1 Å². The summed E-state index contributed by atoms with van der Waals surface area (Å²) in [5.41, 5.74) is 2.00. The summed E-state index contributed by atoms with van der Waals surface area (Å²) in [6.45, 7) is 4.26. The Bertz CT molecular complexity index is 798. The first-order valence-corrected chi connectivity index (χ1v) is 9.36. The van der Waals surface area contributed by atoms with E-state index in [1.165, 1.54) is 0 Å². The predicted octanol–water partition coefficient (Wildman–Crippen LogP) is 2.68. The summed E-state index contributed by atoms with van der Waals surface area (Å²) in [5.74, 6) is 0.0469. The molecule has 1 aromatic heterocycles. The topological polar surface area (TPSA) is 48.5 Å². The van der Waals surface area contributed by atoms with Crippen LogP contribution in [0.1, 0.15) is 19.8 Å². The Balaban J connectivity index is 1.32. The quantitative estimate of drug-likeness (QED) is 0.915. The van der Waals surface area contributed by atoms with Gasteiger partial charge in [-0.05, 0) is 25.5 Å². The van der Waals surface area contributed by atoms with Crippen LogP contribution in [0.5, 0.6) is 0 Å². The fourth-order valence-electron chi connectivity index (χ4n) is 4.07. The molecule has 1 amide bonds. The van der Waals surface area contributed by atoms with E-state index in [1.807, 2.05) is 31.3 Å². The van der Waals surface area contributed by atoms with Crippen molar-refractivity contribution < 1.29 is 9.18 Å². The Morgan fingerprint density at radius 1 is 1.35 bits per heavy atom. The van der Waals surface area contributed by atoms with E-state index >= 15 is 0 Å². The van der Waals surface area contributed by atoms with Gasteiger partial charge >= 0.3 is 0 Å². The van der Waals surface area contributed by atoms with Crippen LogP contribution in [0.15, 0.2) is 36.5 Å². The first-order chi connectivity index (χ1) is 12.6. The van der Waals surface area contributed by atoms with Crippen molar-refractivity contribution in [1.82, 2.24) is 14.8 Å².